The first-order valence-corrected chi connectivity index (χ1v) is 3.50. The number of methoxy groups -OCH3 is 1. The van der Waals surface area contributed by atoms with Gasteiger partial charge in [0, 0.05) is 0 Å². The van der Waals surface area contributed by atoms with Crippen LogP contribution >= 0.6 is 0 Å². The van der Waals surface area contributed by atoms with Crippen molar-refractivity contribution in [3.05, 3.63) is 11.6 Å². The van der Waals surface area contributed by atoms with Gasteiger partial charge in [-0.2, -0.15) is 0 Å². The second kappa shape index (κ2) is 3.51. The van der Waals surface area contributed by atoms with Crippen molar-refractivity contribution in [1.29, 1.82) is 0 Å². The van der Waals surface area contributed by atoms with E-state index >= 15 is 0 Å². The Morgan fingerprint density at radius 3 is 1.92 bits per heavy atom. The van der Waals surface area contributed by atoms with Crippen molar-refractivity contribution in [3.63, 3.8) is 0 Å². The minimum absolute atomic E-state index is 0.861. The fourth-order valence-corrected chi connectivity index (χ4v) is 1.08. The molecule has 0 bridgehead atoms. The van der Waals surface area contributed by atoms with Gasteiger partial charge in [0.25, 0.3) is 0 Å². The molecule has 1 nitrogen and oxygen atoms in total. The van der Waals surface area contributed by atoms with Crippen LogP contribution in [0.25, 0.3) is 0 Å². The molecule has 1 aliphatic carbocycles. The first-order chi connectivity index (χ1) is 6.00. The van der Waals surface area contributed by atoms with Gasteiger partial charge in [-0.3, -0.25) is 0 Å². The number of alkyl halides is 4. The third-order valence-electron chi connectivity index (χ3n) is 1.81. The van der Waals surface area contributed by atoms with Gasteiger partial charge < -0.3 is 4.74 Å². The highest BCUT2D eigenvalue weighted by Crippen LogP contribution is 2.34. The lowest BCUT2D eigenvalue weighted by molar-refractivity contribution is 0.00301. The Bertz CT molecular complexity index is 229. The first-order valence-electron chi connectivity index (χ1n) is 3.50. The molecule has 0 radical (unpaired) electrons. The van der Waals surface area contributed by atoms with E-state index in [-0.39, 0.29) is 0 Å². The predicted octanol–water partition coefficient (Wildman–Crippen LogP) is 2.18. The van der Waals surface area contributed by atoms with E-state index in [1.54, 1.807) is 0 Å². The highest BCUT2D eigenvalue weighted by atomic mass is 19.2. The molecule has 76 valence electrons. The minimum atomic E-state index is -2.81. The zero-order valence-corrected chi connectivity index (χ0v) is 6.61. The van der Waals surface area contributed by atoms with Crippen molar-refractivity contribution in [2.24, 2.45) is 0 Å². The largest absolute Gasteiger partial charge is 0.495 e. The third-order valence-corrected chi connectivity index (χ3v) is 1.81. The van der Waals surface area contributed by atoms with Crippen LogP contribution in [0.2, 0.25) is 0 Å². The molecule has 0 heterocycles. The average Bonchev–Trinajstić information content (AvgIpc) is 2.13. The second-order valence-electron chi connectivity index (χ2n) is 2.61. The smallest absolute Gasteiger partial charge is 0.194 e. The summed E-state index contributed by atoms with van der Waals surface area (Å²) in [5, 5.41) is 0. The number of hydrogen-bond acceptors (Lipinski definition) is 1. The van der Waals surface area contributed by atoms with Crippen LogP contribution in [0.5, 0.6) is 0 Å². The van der Waals surface area contributed by atoms with E-state index in [0.717, 1.165) is 7.11 Å². The van der Waals surface area contributed by atoms with E-state index in [4.69, 9.17) is 0 Å². The van der Waals surface area contributed by atoms with Crippen molar-refractivity contribution in [2.75, 3.05) is 7.11 Å². The zero-order chi connectivity index (χ0) is 10.2. The highest BCUT2D eigenvalue weighted by molar-refractivity contribution is 5.20. The Hall–Kier alpha value is -0.810. The first kappa shape index (κ1) is 10.3. The third kappa shape index (κ3) is 1.49. The summed E-state index contributed by atoms with van der Waals surface area (Å²) in [6.45, 7) is 0. The molecule has 0 fully saturated rings. The molecule has 0 aromatic carbocycles. The number of rotatable bonds is 1. The lowest BCUT2D eigenvalue weighted by atomic mass is 9.98. The number of ether oxygens (including phenoxy) is 1. The van der Waals surface area contributed by atoms with E-state index in [0.29, 0.717) is 0 Å². The van der Waals surface area contributed by atoms with Crippen molar-refractivity contribution >= 4 is 0 Å². The maximum Gasteiger partial charge on any atom is 0.194 e. The van der Waals surface area contributed by atoms with Crippen molar-refractivity contribution < 1.29 is 26.7 Å². The van der Waals surface area contributed by atoms with Crippen LogP contribution in [0, 0.1) is 0 Å². The fourth-order valence-electron chi connectivity index (χ4n) is 1.08. The van der Waals surface area contributed by atoms with Gasteiger partial charge in [-0.25, -0.2) is 22.0 Å². The summed E-state index contributed by atoms with van der Waals surface area (Å²) in [6.07, 6.45) is -10.9. The maximum atomic E-state index is 12.7. The van der Waals surface area contributed by atoms with Crippen LogP contribution in [0.1, 0.15) is 0 Å². The van der Waals surface area contributed by atoms with Crippen LogP contribution in [0.4, 0.5) is 22.0 Å². The monoisotopic (exact) mass is 202 g/mol. The van der Waals surface area contributed by atoms with E-state index in [1.165, 1.54) is 0 Å². The molecular weight excluding hydrogens is 195 g/mol. The molecule has 1 aliphatic rings. The summed E-state index contributed by atoms with van der Waals surface area (Å²) >= 11 is 0. The second-order valence-corrected chi connectivity index (χ2v) is 2.61. The number of halogens is 5. The summed E-state index contributed by atoms with van der Waals surface area (Å²) in [4.78, 5) is 0. The molecule has 0 saturated carbocycles. The molecule has 0 aromatic rings. The van der Waals surface area contributed by atoms with E-state index in [2.05, 4.69) is 4.74 Å². The summed E-state index contributed by atoms with van der Waals surface area (Å²) in [5.74, 6) is -2.81. The molecule has 4 unspecified atom stereocenters. The van der Waals surface area contributed by atoms with Gasteiger partial charge in [0.05, 0.1) is 7.11 Å². The average molecular weight is 202 g/mol. The fraction of sp³-hybridized carbons (Fsp3) is 0.714. The molecular formula is C7H7F5O. The Morgan fingerprint density at radius 1 is 1.00 bits per heavy atom. The molecule has 0 N–H and O–H groups in total. The van der Waals surface area contributed by atoms with Crippen molar-refractivity contribution in [1.82, 2.24) is 0 Å². The van der Waals surface area contributed by atoms with Gasteiger partial charge >= 0.3 is 0 Å². The van der Waals surface area contributed by atoms with Gasteiger partial charge in [-0.1, -0.05) is 0 Å². The minimum Gasteiger partial charge on any atom is -0.495 e. The van der Waals surface area contributed by atoms with Crippen LogP contribution in [-0.4, -0.2) is 31.8 Å². The van der Waals surface area contributed by atoms with Crippen LogP contribution in [0.15, 0.2) is 11.6 Å². The van der Waals surface area contributed by atoms with Gasteiger partial charge in [0.1, 0.15) is 0 Å². The van der Waals surface area contributed by atoms with E-state index < -0.39 is 36.3 Å². The Balaban J connectivity index is 3.03. The highest BCUT2D eigenvalue weighted by Gasteiger charge is 2.48. The quantitative estimate of drug-likeness (QED) is 0.592. The van der Waals surface area contributed by atoms with Gasteiger partial charge in [-0.05, 0) is 0 Å². The van der Waals surface area contributed by atoms with E-state index in [9.17, 15) is 22.0 Å². The van der Waals surface area contributed by atoms with Gasteiger partial charge in [0.2, 0.25) is 0 Å². The van der Waals surface area contributed by atoms with Gasteiger partial charge in [-0.15, -0.1) is 0 Å². The summed E-state index contributed by atoms with van der Waals surface area (Å²) in [6, 6.07) is 0. The standard InChI is InChI=1S/C7H7F5O/c1-13-7-5(11)3(9)2(8)4(10)6(7)12/h2-5H,1H3. The summed E-state index contributed by atoms with van der Waals surface area (Å²) < 4.78 is 67.0. The molecule has 1 rings (SSSR count). The molecule has 4 atom stereocenters. The Morgan fingerprint density at radius 2 is 1.46 bits per heavy atom. The zero-order valence-electron chi connectivity index (χ0n) is 6.61. The molecule has 0 spiro atoms. The SMILES string of the molecule is COC1=C(F)C(F)C(F)C(F)C1F. The summed E-state index contributed by atoms with van der Waals surface area (Å²) in [5.41, 5.74) is 0. The summed E-state index contributed by atoms with van der Waals surface area (Å²) in [7, 11) is 0.861. The van der Waals surface area contributed by atoms with Crippen LogP contribution < -0.4 is 0 Å². The normalized spacial score (nSPS) is 40.8. The Labute approximate surface area is 71.2 Å². The maximum absolute atomic E-state index is 12.7. The molecule has 13 heavy (non-hydrogen) atoms. The van der Waals surface area contributed by atoms with Crippen molar-refractivity contribution in [3.8, 4) is 0 Å². The van der Waals surface area contributed by atoms with Crippen molar-refractivity contribution in [2.45, 2.75) is 24.7 Å². The number of allylic oxidation sites excluding steroid dienone is 2. The Kier molecular flexibility index (Phi) is 2.77. The molecule has 0 aliphatic heterocycles. The van der Waals surface area contributed by atoms with Crippen LogP contribution in [-0.2, 0) is 4.74 Å². The molecule has 0 saturated heterocycles. The van der Waals surface area contributed by atoms with Gasteiger partial charge in [0.15, 0.2) is 36.3 Å². The number of hydrogen-bond donors (Lipinski definition) is 0. The lowest BCUT2D eigenvalue weighted by Gasteiger charge is -2.26. The molecule has 0 amide bonds. The predicted molar refractivity (Wildman–Crippen MR) is 34.7 cm³/mol. The molecule has 0 aromatic heterocycles. The van der Waals surface area contributed by atoms with E-state index in [1.807, 2.05) is 0 Å². The topological polar surface area (TPSA) is 9.23 Å². The van der Waals surface area contributed by atoms with Crippen LogP contribution in [0.3, 0.4) is 0 Å². The molecule has 6 heteroatoms. The lowest BCUT2D eigenvalue weighted by Crippen LogP contribution is -2.42.